The molecule has 106 valence electrons. The Morgan fingerprint density at radius 3 is 2.76 bits per heavy atom. The van der Waals surface area contributed by atoms with Gasteiger partial charge in [0, 0.05) is 25.0 Å². The number of aromatic nitrogens is 3. The van der Waals surface area contributed by atoms with Gasteiger partial charge in [0.15, 0.2) is 5.43 Å². The Kier molecular flexibility index (Phi) is 2.86. The van der Waals surface area contributed by atoms with E-state index in [0.29, 0.717) is 16.9 Å². The molecule has 0 bridgehead atoms. The molecule has 0 aliphatic carbocycles. The van der Waals surface area contributed by atoms with Gasteiger partial charge in [0.05, 0.1) is 22.2 Å². The zero-order valence-electron chi connectivity index (χ0n) is 11.5. The van der Waals surface area contributed by atoms with Crippen molar-refractivity contribution >= 4 is 17.0 Å². The van der Waals surface area contributed by atoms with Crippen molar-refractivity contribution in [2.24, 2.45) is 7.05 Å². The van der Waals surface area contributed by atoms with Gasteiger partial charge < -0.3 is 14.7 Å². The number of aromatic carboxylic acids is 1. The summed E-state index contributed by atoms with van der Waals surface area (Å²) in [6, 6.07) is 6.23. The lowest BCUT2D eigenvalue weighted by Crippen LogP contribution is -2.08. The summed E-state index contributed by atoms with van der Waals surface area (Å²) in [5.41, 5.74) is 2.60. The average molecular weight is 283 g/mol. The molecular formula is C15H13N3O3. The molecule has 0 aliphatic heterocycles. The molecule has 3 rings (SSSR count). The van der Waals surface area contributed by atoms with Gasteiger partial charge in [-0.15, -0.1) is 0 Å². The lowest BCUT2D eigenvalue weighted by Gasteiger charge is -2.02. The third kappa shape index (κ3) is 2.10. The summed E-state index contributed by atoms with van der Waals surface area (Å²) in [4.78, 5) is 30.5. The van der Waals surface area contributed by atoms with E-state index in [1.54, 1.807) is 30.8 Å². The average Bonchev–Trinajstić information content (AvgIpc) is 2.75. The first-order valence-electron chi connectivity index (χ1n) is 6.37. The lowest BCUT2D eigenvalue weighted by atomic mass is 10.2. The molecule has 0 radical (unpaired) electrons. The summed E-state index contributed by atoms with van der Waals surface area (Å²) in [5, 5.41) is 9.02. The quantitative estimate of drug-likeness (QED) is 0.752. The Morgan fingerprint density at radius 1 is 1.33 bits per heavy atom. The second-order valence-electron chi connectivity index (χ2n) is 4.90. The fourth-order valence-corrected chi connectivity index (χ4v) is 2.32. The summed E-state index contributed by atoms with van der Waals surface area (Å²) in [6.07, 6.45) is 1.62. The summed E-state index contributed by atoms with van der Waals surface area (Å²) >= 11 is 0. The highest BCUT2D eigenvalue weighted by Crippen LogP contribution is 2.22. The number of carboxylic acid groups (broad SMARTS) is 1. The summed E-state index contributed by atoms with van der Waals surface area (Å²) in [7, 11) is 1.80. The molecule has 0 saturated carbocycles. The van der Waals surface area contributed by atoms with E-state index in [2.05, 4.69) is 9.97 Å². The van der Waals surface area contributed by atoms with Crippen LogP contribution in [0.1, 0.15) is 16.1 Å². The maximum absolute atomic E-state index is 12.1. The van der Waals surface area contributed by atoms with Gasteiger partial charge in [-0.2, -0.15) is 0 Å². The number of benzene rings is 1. The minimum Gasteiger partial charge on any atom is -0.478 e. The van der Waals surface area contributed by atoms with Crippen molar-refractivity contribution in [2.45, 2.75) is 6.92 Å². The normalized spacial score (nSPS) is 11.0. The van der Waals surface area contributed by atoms with Gasteiger partial charge in [-0.05, 0) is 25.1 Å². The van der Waals surface area contributed by atoms with E-state index >= 15 is 0 Å². The second-order valence-corrected chi connectivity index (χ2v) is 4.90. The van der Waals surface area contributed by atoms with Crippen LogP contribution in [0, 0.1) is 6.92 Å². The van der Waals surface area contributed by atoms with Crippen LogP contribution in [0.2, 0.25) is 0 Å². The van der Waals surface area contributed by atoms with Crippen LogP contribution in [-0.4, -0.2) is 25.6 Å². The maximum Gasteiger partial charge on any atom is 0.335 e. The molecule has 21 heavy (non-hydrogen) atoms. The van der Waals surface area contributed by atoms with E-state index < -0.39 is 5.97 Å². The van der Waals surface area contributed by atoms with Gasteiger partial charge in [0.25, 0.3) is 0 Å². The third-order valence-electron chi connectivity index (χ3n) is 3.43. The van der Waals surface area contributed by atoms with Crippen molar-refractivity contribution in [2.75, 3.05) is 0 Å². The van der Waals surface area contributed by atoms with E-state index in [4.69, 9.17) is 5.11 Å². The van der Waals surface area contributed by atoms with Gasteiger partial charge in [0.2, 0.25) is 0 Å². The van der Waals surface area contributed by atoms with Gasteiger partial charge in [-0.3, -0.25) is 4.79 Å². The Balaban J connectivity index is 2.26. The lowest BCUT2D eigenvalue weighted by molar-refractivity contribution is 0.0697. The summed E-state index contributed by atoms with van der Waals surface area (Å²) in [5.74, 6) is -0.494. The molecule has 2 heterocycles. The van der Waals surface area contributed by atoms with E-state index in [0.717, 1.165) is 11.2 Å². The number of nitrogens with one attached hydrogen (secondary N) is 1. The van der Waals surface area contributed by atoms with Gasteiger partial charge in [-0.25, -0.2) is 9.78 Å². The van der Waals surface area contributed by atoms with Crippen LogP contribution in [0.4, 0.5) is 0 Å². The van der Waals surface area contributed by atoms with Crippen molar-refractivity contribution in [1.82, 2.24) is 14.5 Å². The summed E-state index contributed by atoms with van der Waals surface area (Å²) < 4.78 is 1.78. The number of carboxylic acids is 1. The zero-order chi connectivity index (χ0) is 15.1. The van der Waals surface area contributed by atoms with Crippen LogP contribution in [0.5, 0.6) is 0 Å². The number of aryl methyl sites for hydroxylation is 2. The molecule has 6 nitrogen and oxygen atoms in total. The molecule has 2 N–H and O–H groups in total. The fourth-order valence-electron chi connectivity index (χ4n) is 2.32. The van der Waals surface area contributed by atoms with Gasteiger partial charge in [0.1, 0.15) is 5.82 Å². The molecule has 0 aliphatic rings. The first-order chi connectivity index (χ1) is 9.97. The first kappa shape index (κ1) is 13.1. The predicted molar refractivity (Wildman–Crippen MR) is 78.5 cm³/mol. The largest absolute Gasteiger partial charge is 0.478 e. The fraction of sp³-hybridized carbons (Fsp3) is 0.133. The van der Waals surface area contributed by atoms with Crippen LogP contribution in [0.25, 0.3) is 22.4 Å². The maximum atomic E-state index is 12.1. The van der Waals surface area contributed by atoms with Gasteiger partial charge in [-0.1, -0.05) is 0 Å². The number of aromatic amines is 1. The number of hydrogen-bond acceptors (Lipinski definition) is 3. The number of H-pyrrole nitrogens is 1. The predicted octanol–water partition coefficient (Wildman–Crippen LogP) is 1.94. The van der Waals surface area contributed by atoms with Crippen molar-refractivity contribution in [3.8, 4) is 11.4 Å². The molecule has 0 atom stereocenters. The van der Waals surface area contributed by atoms with Crippen molar-refractivity contribution in [3.63, 3.8) is 0 Å². The highest BCUT2D eigenvalue weighted by molar-refractivity contribution is 5.93. The Morgan fingerprint density at radius 2 is 2.10 bits per heavy atom. The topological polar surface area (TPSA) is 88.0 Å². The minimum atomic E-state index is -1.00. The molecule has 0 unspecified atom stereocenters. The SMILES string of the molecule is Cc1cc(=O)c(-c2nc3cc(C(=O)O)ccc3n2C)c[nH]1. The molecule has 6 heteroatoms. The van der Waals surface area contributed by atoms with E-state index in [9.17, 15) is 9.59 Å². The Hall–Kier alpha value is -2.89. The number of pyridine rings is 1. The minimum absolute atomic E-state index is 0.122. The molecule has 0 saturated heterocycles. The highest BCUT2D eigenvalue weighted by atomic mass is 16.4. The van der Waals surface area contributed by atoms with E-state index in [-0.39, 0.29) is 11.0 Å². The van der Waals surface area contributed by atoms with Crippen LogP contribution in [0.15, 0.2) is 35.3 Å². The molecule has 3 aromatic rings. The number of nitrogens with zero attached hydrogens (tertiary/aromatic N) is 2. The van der Waals surface area contributed by atoms with Gasteiger partial charge >= 0.3 is 5.97 Å². The number of hydrogen-bond donors (Lipinski definition) is 2. The van der Waals surface area contributed by atoms with Crippen LogP contribution < -0.4 is 5.43 Å². The van der Waals surface area contributed by atoms with E-state index in [1.807, 2.05) is 0 Å². The highest BCUT2D eigenvalue weighted by Gasteiger charge is 2.14. The summed E-state index contributed by atoms with van der Waals surface area (Å²) in [6.45, 7) is 1.80. The zero-order valence-corrected chi connectivity index (χ0v) is 11.5. The second kappa shape index (κ2) is 4.59. The molecule has 0 fully saturated rings. The molecular weight excluding hydrogens is 270 g/mol. The smallest absolute Gasteiger partial charge is 0.335 e. The number of imidazole rings is 1. The molecule has 1 aromatic carbocycles. The van der Waals surface area contributed by atoms with E-state index in [1.165, 1.54) is 18.2 Å². The van der Waals surface area contributed by atoms with Crippen molar-refractivity contribution in [1.29, 1.82) is 0 Å². The van der Waals surface area contributed by atoms with Crippen molar-refractivity contribution < 1.29 is 9.90 Å². The first-order valence-corrected chi connectivity index (χ1v) is 6.37. The monoisotopic (exact) mass is 283 g/mol. The standard InChI is InChI=1S/C15H13N3O3/c1-8-5-13(19)10(7-16-8)14-17-11-6-9(15(20)21)3-4-12(11)18(14)2/h3-7H,1-2H3,(H,16,19)(H,20,21). The number of rotatable bonds is 2. The third-order valence-corrected chi connectivity index (χ3v) is 3.43. The Labute approximate surface area is 119 Å². The van der Waals surface area contributed by atoms with Crippen LogP contribution >= 0.6 is 0 Å². The van der Waals surface area contributed by atoms with Crippen LogP contribution in [0.3, 0.4) is 0 Å². The van der Waals surface area contributed by atoms with Crippen molar-refractivity contribution in [3.05, 3.63) is 51.9 Å². The molecule has 0 amide bonds. The number of carbonyl (C=O) groups is 1. The molecule has 2 aromatic heterocycles. The Bertz CT molecular complexity index is 922. The van der Waals surface area contributed by atoms with Crippen LogP contribution in [-0.2, 0) is 7.05 Å². The number of fused-ring (bicyclic) bond motifs is 1. The molecule has 0 spiro atoms.